The fourth-order valence-corrected chi connectivity index (χ4v) is 7.51. The minimum atomic E-state index is -0.750. The number of rotatable bonds is 10. The zero-order valence-corrected chi connectivity index (χ0v) is 68.7. The molecule has 20 heteroatoms. The molecule has 4 atom stereocenters. The Balaban J connectivity index is 0. The molecule has 4 heterocycles. The van der Waals surface area contributed by atoms with Gasteiger partial charge in [0.25, 0.3) is 11.9 Å². The quantitative estimate of drug-likeness (QED) is 0.0747. The standard InChI is InChI=1S/2C10H11BrO2.2C10H10O2.2C8H10O2.2C4H9Br.2C4H9O.2K/c11-5-10-12-6-8-3-1-2-4-9(8)7-13-10;11-6-10-12-7-9(13-10)8-4-2-1-3-5-8;1-8-11-6-9-4-2-3-5-10(9)7-12-8;1-8-11-7-10(12-8)9-5-3-2-4-6-9;9-5-7-3-1-2-4-8(7)6-10;9-6-8(10)7-4-2-1-3-5-7;2*1-4(2)3-5;2*1-4(2,3)5;;/h1-4,10H,5-7H2;1-5,9-10H,6-7H2;2-5H,1,6-7H2;2-6,10H,1,7H2;1-4,9-10H,5-6H2;1-5,8-10H,6H2;2*4H,3H2,1-2H3;2*1-3H3;;/q;;;;;;;;2*-1;2*+1. The van der Waals surface area contributed by atoms with E-state index in [2.05, 4.69) is 129 Å². The number of fused-ring (bicyclic) bond motifs is 2. The molecule has 0 aliphatic carbocycles. The van der Waals surface area contributed by atoms with Crippen LogP contribution in [0.25, 0.3) is 0 Å². The van der Waals surface area contributed by atoms with Crippen molar-refractivity contribution < 1.29 is 171 Å². The molecular formula is C72H98Br4K2O14. The molecule has 10 rings (SSSR count). The molecule has 0 saturated carbocycles. The summed E-state index contributed by atoms with van der Waals surface area (Å²) >= 11 is 13.3. The first-order valence-corrected chi connectivity index (χ1v) is 34.2. The van der Waals surface area contributed by atoms with Crippen LogP contribution in [0.15, 0.2) is 189 Å². The molecule has 92 heavy (non-hydrogen) atoms. The van der Waals surface area contributed by atoms with Gasteiger partial charge in [-0.3, -0.25) is 0 Å². The second-order valence-corrected chi connectivity index (χ2v) is 25.5. The smallest absolute Gasteiger partial charge is 0.850 e. The number of aliphatic hydroxyl groups is 4. The molecule has 2 saturated heterocycles. The molecule has 0 amide bonds. The zero-order chi connectivity index (χ0) is 67.3. The van der Waals surface area contributed by atoms with Crippen molar-refractivity contribution in [2.45, 2.75) is 151 Å². The van der Waals surface area contributed by atoms with Crippen LogP contribution in [0.2, 0.25) is 0 Å². The van der Waals surface area contributed by atoms with Crippen molar-refractivity contribution in [1.82, 2.24) is 0 Å². The van der Waals surface area contributed by atoms with E-state index in [0.717, 1.165) is 55.4 Å². The number of hydrogen-bond acceptors (Lipinski definition) is 14. The van der Waals surface area contributed by atoms with E-state index in [1.807, 2.05) is 115 Å². The van der Waals surface area contributed by atoms with Crippen LogP contribution in [-0.4, -0.2) is 85.3 Å². The second kappa shape index (κ2) is 55.6. The van der Waals surface area contributed by atoms with Gasteiger partial charge in [0.05, 0.1) is 50.3 Å². The van der Waals surface area contributed by atoms with E-state index in [0.29, 0.717) is 51.5 Å². The predicted octanol–water partition coefficient (Wildman–Crippen LogP) is 9.16. The van der Waals surface area contributed by atoms with Gasteiger partial charge < -0.3 is 68.5 Å². The van der Waals surface area contributed by atoms with Gasteiger partial charge in [0.15, 0.2) is 18.7 Å². The molecule has 6 aromatic carbocycles. The molecule has 4 aliphatic rings. The maximum Gasteiger partial charge on any atom is 1.00 e. The number of benzene rings is 6. The molecule has 4 aliphatic heterocycles. The number of halogens is 4. The van der Waals surface area contributed by atoms with Gasteiger partial charge in [0.2, 0.25) is 0 Å². The first kappa shape index (κ1) is 92.8. The summed E-state index contributed by atoms with van der Waals surface area (Å²) in [7, 11) is 0. The van der Waals surface area contributed by atoms with Crippen LogP contribution in [0.4, 0.5) is 0 Å². The summed E-state index contributed by atoms with van der Waals surface area (Å²) in [6.45, 7) is 29.1. The van der Waals surface area contributed by atoms with Crippen molar-refractivity contribution in [3.8, 4) is 0 Å². The molecule has 500 valence electrons. The molecule has 0 spiro atoms. The van der Waals surface area contributed by atoms with Crippen molar-refractivity contribution in [2.24, 2.45) is 11.8 Å². The average molecular weight is 1590 g/mol. The van der Waals surface area contributed by atoms with Crippen LogP contribution in [0.3, 0.4) is 0 Å². The van der Waals surface area contributed by atoms with Gasteiger partial charge in [-0.25, -0.2) is 0 Å². The first-order chi connectivity index (χ1) is 42.8. The van der Waals surface area contributed by atoms with Crippen molar-refractivity contribution in [2.75, 3.05) is 41.1 Å². The largest absolute Gasteiger partial charge is 1.00 e. The minimum Gasteiger partial charge on any atom is -0.850 e. The molecule has 14 nitrogen and oxygen atoms in total. The van der Waals surface area contributed by atoms with Crippen LogP contribution >= 0.6 is 63.7 Å². The summed E-state index contributed by atoms with van der Waals surface area (Å²) in [5.74, 6) is 2.43. The van der Waals surface area contributed by atoms with Crippen molar-refractivity contribution >= 4 is 63.7 Å². The molecule has 0 aromatic heterocycles. The topological polar surface area (TPSA) is 201 Å². The Hall–Kier alpha value is -1.21. The molecule has 2 fully saturated rings. The summed E-state index contributed by atoms with van der Waals surface area (Å²) < 4.78 is 42.9. The number of hydrogen-bond donors (Lipinski definition) is 4. The molecular weight excluding hydrogens is 1490 g/mol. The normalized spacial score (nSPS) is 16.1. The van der Waals surface area contributed by atoms with Gasteiger partial charge in [0.1, 0.15) is 32.0 Å². The van der Waals surface area contributed by atoms with Gasteiger partial charge in [-0.15, -0.1) is 11.2 Å². The first-order valence-electron chi connectivity index (χ1n) is 29.7. The Morgan fingerprint density at radius 2 is 0.804 bits per heavy atom. The van der Waals surface area contributed by atoms with E-state index in [1.54, 1.807) is 65.8 Å². The summed E-state index contributed by atoms with van der Waals surface area (Å²) in [6.07, 6.45) is -0.818. The van der Waals surface area contributed by atoms with E-state index >= 15 is 0 Å². The summed E-state index contributed by atoms with van der Waals surface area (Å²) in [5, 5.41) is 59.0. The monoisotopic (exact) mass is 1580 g/mol. The summed E-state index contributed by atoms with van der Waals surface area (Å²) in [4.78, 5) is 0. The van der Waals surface area contributed by atoms with Gasteiger partial charge in [-0.05, 0) is 75.1 Å². The summed E-state index contributed by atoms with van der Waals surface area (Å²) in [6, 6.07) is 52.8. The van der Waals surface area contributed by atoms with Crippen molar-refractivity contribution in [1.29, 1.82) is 0 Å². The van der Waals surface area contributed by atoms with Crippen LogP contribution in [0, 0.1) is 11.8 Å². The molecule has 6 aromatic rings. The van der Waals surface area contributed by atoms with Crippen LogP contribution < -0.4 is 113 Å². The fourth-order valence-electron chi connectivity index (χ4n) is 6.79. The maximum absolute atomic E-state index is 10.1. The van der Waals surface area contributed by atoms with E-state index in [9.17, 15) is 10.2 Å². The molecule has 0 bridgehead atoms. The Bertz CT molecular complexity index is 2650. The third-order valence-electron chi connectivity index (χ3n) is 11.3. The van der Waals surface area contributed by atoms with Crippen molar-refractivity contribution in [3.63, 3.8) is 0 Å². The number of alkyl halides is 4. The van der Waals surface area contributed by atoms with E-state index in [1.165, 1.54) is 27.8 Å². The minimum absolute atomic E-state index is 0. The van der Waals surface area contributed by atoms with E-state index in [4.69, 9.17) is 58.3 Å². The molecule has 4 N–H and O–H groups in total. The Labute approximate surface area is 668 Å². The summed E-state index contributed by atoms with van der Waals surface area (Å²) in [5.41, 5.74) is 7.98. The predicted molar refractivity (Wildman–Crippen MR) is 371 cm³/mol. The average Bonchev–Trinajstić information content (AvgIpc) is 2.41. The van der Waals surface area contributed by atoms with Crippen molar-refractivity contribution in [3.05, 3.63) is 239 Å². The Morgan fingerprint density at radius 3 is 1.12 bits per heavy atom. The van der Waals surface area contributed by atoms with E-state index in [-0.39, 0.29) is 147 Å². The van der Waals surface area contributed by atoms with Gasteiger partial charge in [-0.2, -0.15) is 0 Å². The zero-order valence-electron chi connectivity index (χ0n) is 56.1. The van der Waals surface area contributed by atoms with Crippen LogP contribution in [0.1, 0.15) is 138 Å². The molecule has 4 unspecified atom stereocenters. The maximum atomic E-state index is 10.1. The second-order valence-electron chi connectivity index (χ2n) is 22.9. The SMILES string of the molecule is BrCC1OCC(c2ccccc2)O1.BrCC1OCc2ccccc2CO1.C=C1OCC(c2ccccc2)O1.C=C1OCc2ccccc2CO1.CC(C)(C)[O-].CC(C)(C)[O-].CC(C)CBr.CC(C)CBr.OCC(O)c1ccccc1.OCc1ccccc1CO.[K+].[K+]. The van der Waals surface area contributed by atoms with Gasteiger partial charge in [0, 0.05) is 10.7 Å². The van der Waals surface area contributed by atoms with Crippen LogP contribution in [0.5, 0.6) is 0 Å². The number of ether oxygens (including phenoxy) is 8. The molecule has 0 radical (unpaired) electrons. The Morgan fingerprint density at radius 1 is 0.467 bits per heavy atom. The van der Waals surface area contributed by atoms with Gasteiger partial charge >= 0.3 is 103 Å². The third-order valence-corrected chi connectivity index (χ3v) is 15.0. The fraction of sp³-hybridized carbons (Fsp3) is 0.444. The Kier molecular flexibility index (Phi) is 56.2. The van der Waals surface area contributed by atoms with E-state index < -0.39 is 17.3 Å². The van der Waals surface area contributed by atoms with Crippen LogP contribution in [-0.2, 0) is 77.5 Å². The third kappa shape index (κ3) is 47.7. The number of aliphatic hydroxyl groups excluding tert-OH is 4. The van der Waals surface area contributed by atoms with Gasteiger partial charge in [-0.1, -0.05) is 297 Å².